The van der Waals surface area contributed by atoms with E-state index < -0.39 is 0 Å². The first kappa shape index (κ1) is 14.5. The summed E-state index contributed by atoms with van der Waals surface area (Å²) in [4.78, 5) is 19.5. The molecule has 2 aromatic heterocycles. The molecule has 20 heavy (non-hydrogen) atoms. The van der Waals surface area contributed by atoms with Crippen molar-refractivity contribution in [3.05, 3.63) is 46.4 Å². The molecule has 0 aliphatic rings. The lowest BCUT2D eigenvalue weighted by Crippen LogP contribution is -2.27. The van der Waals surface area contributed by atoms with E-state index in [1.807, 2.05) is 30.6 Å². The molecule has 2 aromatic rings. The number of rotatable bonds is 6. The number of anilines is 1. The highest BCUT2D eigenvalue weighted by Gasteiger charge is 2.16. The van der Waals surface area contributed by atoms with Crippen molar-refractivity contribution < 1.29 is 4.79 Å². The zero-order valence-corrected chi connectivity index (χ0v) is 12.6. The second kappa shape index (κ2) is 7.05. The van der Waals surface area contributed by atoms with Crippen molar-refractivity contribution >= 4 is 22.9 Å². The molecule has 0 atom stereocenters. The Labute approximate surface area is 123 Å². The van der Waals surface area contributed by atoms with Crippen LogP contribution in [0, 0.1) is 0 Å². The lowest BCUT2D eigenvalue weighted by molar-refractivity contribution is 0.0787. The van der Waals surface area contributed by atoms with Gasteiger partial charge in [0, 0.05) is 30.9 Å². The Hall–Kier alpha value is -1.88. The van der Waals surface area contributed by atoms with Crippen LogP contribution in [0.4, 0.5) is 5.69 Å². The maximum atomic E-state index is 12.5. The van der Waals surface area contributed by atoms with E-state index in [0.717, 1.165) is 18.7 Å². The van der Waals surface area contributed by atoms with Gasteiger partial charge in [0.2, 0.25) is 0 Å². The van der Waals surface area contributed by atoms with Gasteiger partial charge in [-0.3, -0.25) is 9.78 Å². The number of carbonyl (C=O) groups excluding carboxylic acids is 1. The molecule has 0 radical (unpaired) electrons. The number of amides is 1. The number of carbonyl (C=O) groups is 1. The van der Waals surface area contributed by atoms with Gasteiger partial charge in [-0.2, -0.15) is 0 Å². The monoisotopic (exact) mass is 289 g/mol. The van der Waals surface area contributed by atoms with E-state index in [2.05, 4.69) is 17.2 Å². The first-order chi connectivity index (χ1) is 9.72. The fourth-order valence-corrected chi connectivity index (χ4v) is 2.65. The molecular formula is C15H19N3OS. The van der Waals surface area contributed by atoms with Crippen molar-refractivity contribution in [3.63, 3.8) is 0 Å². The van der Waals surface area contributed by atoms with Crippen LogP contribution in [0.5, 0.6) is 0 Å². The van der Waals surface area contributed by atoms with Gasteiger partial charge in [0.1, 0.15) is 0 Å². The Morgan fingerprint density at radius 1 is 1.45 bits per heavy atom. The van der Waals surface area contributed by atoms with Crippen molar-refractivity contribution in [2.24, 2.45) is 0 Å². The highest BCUT2D eigenvalue weighted by Crippen LogP contribution is 2.18. The fraction of sp³-hybridized carbons (Fsp3) is 0.333. The molecule has 2 rings (SSSR count). The highest BCUT2D eigenvalue weighted by atomic mass is 32.1. The van der Waals surface area contributed by atoms with Crippen LogP contribution < -0.4 is 5.32 Å². The predicted octanol–water partition coefficient (Wildman–Crippen LogP) is 3.24. The van der Waals surface area contributed by atoms with Crippen LogP contribution in [0.2, 0.25) is 0 Å². The van der Waals surface area contributed by atoms with Crippen LogP contribution in [0.15, 0.2) is 36.0 Å². The summed E-state index contributed by atoms with van der Waals surface area (Å²) in [5.41, 5.74) is 1.48. The van der Waals surface area contributed by atoms with Crippen LogP contribution in [0.1, 0.15) is 28.6 Å². The van der Waals surface area contributed by atoms with Gasteiger partial charge in [-0.1, -0.05) is 13.0 Å². The molecule has 1 amide bonds. The van der Waals surface area contributed by atoms with Crippen LogP contribution >= 0.6 is 11.3 Å². The van der Waals surface area contributed by atoms with E-state index in [4.69, 9.17) is 0 Å². The molecule has 4 nitrogen and oxygen atoms in total. The molecule has 106 valence electrons. The first-order valence-corrected chi connectivity index (χ1v) is 7.56. The van der Waals surface area contributed by atoms with Gasteiger partial charge in [-0.25, -0.2) is 0 Å². The summed E-state index contributed by atoms with van der Waals surface area (Å²) in [7, 11) is 1.82. The topological polar surface area (TPSA) is 45.2 Å². The Kier molecular flexibility index (Phi) is 5.12. The number of nitrogens with one attached hydrogen (secondary N) is 1. The Balaban J connectivity index is 2.11. The second-order valence-corrected chi connectivity index (χ2v) is 5.62. The summed E-state index contributed by atoms with van der Waals surface area (Å²) < 4.78 is 0. The third-order valence-corrected chi connectivity index (χ3v) is 3.80. The second-order valence-electron chi connectivity index (χ2n) is 4.59. The lowest BCUT2D eigenvalue weighted by atomic mass is 10.2. The molecule has 0 fully saturated rings. The minimum Gasteiger partial charge on any atom is -0.384 e. The Morgan fingerprint density at radius 3 is 3.00 bits per heavy atom. The van der Waals surface area contributed by atoms with Gasteiger partial charge in [-0.15, -0.1) is 11.3 Å². The van der Waals surface area contributed by atoms with Gasteiger partial charge in [-0.05, 0) is 23.9 Å². The van der Waals surface area contributed by atoms with Crippen molar-refractivity contribution in [3.8, 4) is 0 Å². The van der Waals surface area contributed by atoms with Gasteiger partial charge in [0.15, 0.2) is 0 Å². The van der Waals surface area contributed by atoms with Gasteiger partial charge < -0.3 is 10.2 Å². The van der Waals surface area contributed by atoms with E-state index in [0.29, 0.717) is 12.1 Å². The Morgan fingerprint density at radius 2 is 2.30 bits per heavy atom. The number of thiophene rings is 1. The maximum absolute atomic E-state index is 12.5. The Bertz CT molecular complexity index is 554. The third kappa shape index (κ3) is 3.57. The number of aromatic nitrogens is 1. The van der Waals surface area contributed by atoms with E-state index in [-0.39, 0.29) is 5.91 Å². The molecule has 0 unspecified atom stereocenters. The van der Waals surface area contributed by atoms with Gasteiger partial charge in [0.05, 0.1) is 17.8 Å². The SMILES string of the molecule is CCCNc1ccncc1C(=O)N(C)Cc1cccs1. The smallest absolute Gasteiger partial charge is 0.257 e. The van der Waals surface area contributed by atoms with Crippen molar-refractivity contribution in [1.82, 2.24) is 9.88 Å². The average molecular weight is 289 g/mol. The van der Waals surface area contributed by atoms with Crippen molar-refractivity contribution in [2.45, 2.75) is 19.9 Å². The highest BCUT2D eigenvalue weighted by molar-refractivity contribution is 7.09. The lowest BCUT2D eigenvalue weighted by Gasteiger charge is -2.18. The van der Waals surface area contributed by atoms with Crippen LogP contribution in [-0.4, -0.2) is 29.4 Å². The molecule has 0 spiro atoms. The summed E-state index contributed by atoms with van der Waals surface area (Å²) in [6.45, 7) is 3.57. The normalized spacial score (nSPS) is 10.3. The van der Waals surface area contributed by atoms with Crippen molar-refractivity contribution in [2.75, 3.05) is 18.9 Å². The molecule has 0 bridgehead atoms. The number of pyridine rings is 1. The minimum atomic E-state index is -0.00916. The fourth-order valence-electron chi connectivity index (χ4n) is 1.89. The first-order valence-electron chi connectivity index (χ1n) is 6.68. The quantitative estimate of drug-likeness (QED) is 0.888. The van der Waals surface area contributed by atoms with Crippen LogP contribution in [-0.2, 0) is 6.54 Å². The summed E-state index contributed by atoms with van der Waals surface area (Å²) in [6.07, 6.45) is 4.35. The third-order valence-electron chi connectivity index (χ3n) is 2.94. The molecule has 2 heterocycles. The summed E-state index contributed by atoms with van der Waals surface area (Å²) in [5, 5.41) is 5.29. The summed E-state index contributed by atoms with van der Waals surface area (Å²) >= 11 is 1.66. The molecular weight excluding hydrogens is 270 g/mol. The van der Waals surface area contributed by atoms with Crippen LogP contribution in [0.25, 0.3) is 0 Å². The summed E-state index contributed by atoms with van der Waals surface area (Å²) in [6, 6.07) is 5.88. The van der Waals surface area contributed by atoms with Crippen LogP contribution in [0.3, 0.4) is 0 Å². The molecule has 0 saturated heterocycles. The molecule has 5 heteroatoms. The minimum absolute atomic E-state index is 0.00916. The van der Waals surface area contributed by atoms with E-state index in [1.54, 1.807) is 28.6 Å². The standard InChI is InChI=1S/C15H19N3OS/c1-3-7-17-14-6-8-16-10-13(14)15(19)18(2)11-12-5-4-9-20-12/h4-6,8-10H,3,7,11H2,1-2H3,(H,16,17). The number of nitrogens with zero attached hydrogens (tertiary/aromatic N) is 2. The predicted molar refractivity (Wildman–Crippen MR) is 83.1 cm³/mol. The van der Waals surface area contributed by atoms with Gasteiger partial charge in [0.25, 0.3) is 5.91 Å². The molecule has 0 aliphatic carbocycles. The zero-order chi connectivity index (χ0) is 14.4. The van der Waals surface area contributed by atoms with E-state index in [9.17, 15) is 4.79 Å². The van der Waals surface area contributed by atoms with E-state index in [1.165, 1.54) is 4.88 Å². The molecule has 0 aliphatic heterocycles. The van der Waals surface area contributed by atoms with Crippen molar-refractivity contribution in [1.29, 1.82) is 0 Å². The largest absolute Gasteiger partial charge is 0.384 e. The molecule has 0 aromatic carbocycles. The number of hydrogen-bond acceptors (Lipinski definition) is 4. The maximum Gasteiger partial charge on any atom is 0.257 e. The van der Waals surface area contributed by atoms with Gasteiger partial charge >= 0.3 is 0 Å². The number of hydrogen-bond donors (Lipinski definition) is 1. The average Bonchev–Trinajstić information content (AvgIpc) is 2.97. The molecule has 1 N–H and O–H groups in total. The zero-order valence-electron chi connectivity index (χ0n) is 11.8. The summed E-state index contributed by atoms with van der Waals surface area (Å²) in [5.74, 6) is -0.00916. The van der Waals surface area contributed by atoms with E-state index >= 15 is 0 Å². The molecule has 0 saturated carbocycles.